The molecule has 2 aromatic carbocycles. The van der Waals surface area contributed by atoms with Gasteiger partial charge in [-0.3, -0.25) is 9.59 Å². The van der Waals surface area contributed by atoms with Crippen LogP contribution >= 0.6 is 0 Å². The van der Waals surface area contributed by atoms with E-state index in [2.05, 4.69) is 0 Å². The van der Waals surface area contributed by atoms with Gasteiger partial charge in [0.2, 0.25) is 11.8 Å². The minimum absolute atomic E-state index is 0.0421. The molecule has 5 nitrogen and oxygen atoms in total. The molecule has 1 fully saturated rings. The number of nitrogens with two attached hydrogens (primary N) is 1. The first-order valence-corrected chi connectivity index (χ1v) is 11.9. The normalized spacial score (nSPS) is 18.9. The van der Waals surface area contributed by atoms with Crippen molar-refractivity contribution >= 4 is 11.8 Å². The minimum Gasteiger partial charge on any atom is -0.370 e. The summed E-state index contributed by atoms with van der Waals surface area (Å²) in [5.41, 5.74) is 3.33. The molecule has 12 heteroatoms. The van der Waals surface area contributed by atoms with Gasteiger partial charge in [-0.2, -0.15) is 26.3 Å². The lowest BCUT2D eigenvalue weighted by atomic mass is 9.78. The monoisotopic (exact) mass is 547 g/mol. The Bertz CT molecular complexity index is 1150. The van der Waals surface area contributed by atoms with Crippen molar-refractivity contribution in [2.75, 3.05) is 26.7 Å². The van der Waals surface area contributed by atoms with Crippen LogP contribution in [0.4, 0.5) is 30.7 Å². The number of hydrogen-bond acceptors (Lipinski definition) is 3. The standard InChI is InChI=1S/C26H28F7N3O2/c1-15-9-19(27)3-4-20(15)22-14-36(8-6-23(34)37)7-5-21(22)24(38)35(2)13-16-10-17(25(28,29)30)12-18(11-16)26(31,32)33/h3-4,9-12,21-22H,5-8,13-14H2,1-2H3,(H2,34,37)/t21-,22+/m1/s1. The van der Waals surface area contributed by atoms with Gasteiger partial charge in [0.1, 0.15) is 5.82 Å². The Labute approximate surface area is 215 Å². The van der Waals surface area contributed by atoms with Crippen molar-refractivity contribution in [1.82, 2.24) is 9.80 Å². The van der Waals surface area contributed by atoms with Crippen molar-refractivity contribution in [1.29, 1.82) is 0 Å². The molecule has 208 valence electrons. The number of piperidine rings is 1. The minimum atomic E-state index is -5.00. The molecule has 0 saturated carbocycles. The fourth-order valence-electron chi connectivity index (χ4n) is 4.90. The molecule has 0 spiro atoms. The topological polar surface area (TPSA) is 66.6 Å². The molecule has 0 aromatic heterocycles. The number of rotatable bonds is 7. The Hall–Kier alpha value is -3.15. The summed E-state index contributed by atoms with van der Waals surface area (Å²) in [5.74, 6) is -2.52. The number of nitrogens with zero attached hydrogens (tertiary/aromatic N) is 2. The molecule has 2 amide bonds. The van der Waals surface area contributed by atoms with Crippen LogP contribution in [0.2, 0.25) is 0 Å². The number of hydrogen-bond donors (Lipinski definition) is 1. The summed E-state index contributed by atoms with van der Waals surface area (Å²) in [6, 6.07) is 5.40. The smallest absolute Gasteiger partial charge is 0.370 e. The molecule has 38 heavy (non-hydrogen) atoms. The summed E-state index contributed by atoms with van der Waals surface area (Å²) in [6.07, 6.45) is -9.58. The molecule has 0 aliphatic carbocycles. The van der Waals surface area contributed by atoms with E-state index < -0.39 is 59.5 Å². The summed E-state index contributed by atoms with van der Waals surface area (Å²) in [7, 11) is 1.32. The van der Waals surface area contributed by atoms with Gasteiger partial charge < -0.3 is 15.5 Å². The molecule has 2 N–H and O–H groups in total. The van der Waals surface area contributed by atoms with E-state index in [1.807, 2.05) is 4.90 Å². The number of primary amides is 1. The predicted octanol–water partition coefficient (Wildman–Crippen LogP) is 5.11. The molecular weight excluding hydrogens is 519 g/mol. The Kier molecular flexibility index (Phi) is 8.75. The van der Waals surface area contributed by atoms with E-state index in [1.165, 1.54) is 19.2 Å². The van der Waals surface area contributed by atoms with Crippen molar-refractivity contribution in [2.24, 2.45) is 11.7 Å². The Balaban J connectivity index is 1.89. The van der Waals surface area contributed by atoms with Crippen LogP contribution in [-0.2, 0) is 28.5 Å². The van der Waals surface area contributed by atoms with E-state index in [-0.39, 0.29) is 18.1 Å². The molecule has 0 bridgehead atoms. The summed E-state index contributed by atoms with van der Waals surface area (Å²) in [6.45, 7) is 2.34. The highest BCUT2D eigenvalue weighted by atomic mass is 19.4. The third kappa shape index (κ3) is 7.24. The second-order valence-electron chi connectivity index (χ2n) is 9.63. The molecule has 1 aliphatic rings. The highest BCUT2D eigenvalue weighted by molar-refractivity contribution is 5.80. The van der Waals surface area contributed by atoms with Crippen LogP contribution < -0.4 is 5.73 Å². The lowest BCUT2D eigenvalue weighted by Gasteiger charge is -2.40. The van der Waals surface area contributed by atoms with Gasteiger partial charge in [-0.15, -0.1) is 0 Å². The van der Waals surface area contributed by atoms with Crippen LogP contribution in [0.1, 0.15) is 46.6 Å². The molecular formula is C26H28F7N3O2. The van der Waals surface area contributed by atoms with Crippen molar-refractivity contribution in [3.63, 3.8) is 0 Å². The number of alkyl halides is 6. The third-order valence-electron chi connectivity index (χ3n) is 6.76. The fraction of sp³-hybridized carbons (Fsp3) is 0.462. The predicted molar refractivity (Wildman–Crippen MR) is 125 cm³/mol. The van der Waals surface area contributed by atoms with Crippen LogP contribution in [0.15, 0.2) is 36.4 Å². The van der Waals surface area contributed by atoms with Crippen molar-refractivity contribution in [3.05, 3.63) is 70.0 Å². The molecule has 1 aliphatic heterocycles. The van der Waals surface area contributed by atoms with E-state index in [1.54, 1.807) is 13.0 Å². The van der Waals surface area contributed by atoms with Gasteiger partial charge >= 0.3 is 12.4 Å². The van der Waals surface area contributed by atoms with Crippen molar-refractivity contribution in [3.8, 4) is 0 Å². The van der Waals surface area contributed by atoms with Crippen LogP contribution in [-0.4, -0.2) is 48.3 Å². The summed E-state index contributed by atoms with van der Waals surface area (Å²) in [4.78, 5) is 27.8. The van der Waals surface area contributed by atoms with Crippen molar-refractivity contribution in [2.45, 2.75) is 44.6 Å². The number of carbonyl (C=O) groups excluding carboxylic acids is 2. The van der Waals surface area contributed by atoms with Gasteiger partial charge in [-0.25, -0.2) is 4.39 Å². The molecule has 2 aromatic rings. The Morgan fingerprint density at radius 2 is 1.63 bits per heavy atom. The third-order valence-corrected chi connectivity index (χ3v) is 6.76. The fourth-order valence-corrected chi connectivity index (χ4v) is 4.90. The zero-order chi connectivity index (χ0) is 28.4. The highest BCUT2D eigenvalue weighted by Crippen LogP contribution is 2.38. The van der Waals surface area contributed by atoms with Crippen LogP contribution in [0.25, 0.3) is 0 Å². The van der Waals surface area contributed by atoms with Gasteiger partial charge in [0, 0.05) is 44.9 Å². The average Bonchev–Trinajstić information content (AvgIpc) is 2.81. The molecule has 3 rings (SSSR count). The number of halogens is 7. The quantitative estimate of drug-likeness (QED) is 0.490. The average molecular weight is 548 g/mol. The van der Waals surface area contributed by atoms with Crippen LogP contribution in [0.5, 0.6) is 0 Å². The van der Waals surface area contributed by atoms with Gasteiger partial charge in [-0.05, 0) is 66.9 Å². The molecule has 0 radical (unpaired) electrons. The van der Waals surface area contributed by atoms with E-state index in [9.17, 15) is 40.3 Å². The van der Waals surface area contributed by atoms with Gasteiger partial charge in [0.15, 0.2) is 0 Å². The van der Waals surface area contributed by atoms with Gasteiger partial charge in [0.25, 0.3) is 0 Å². The highest BCUT2D eigenvalue weighted by Gasteiger charge is 2.39. The zero-order valence-electron chi connectivity index (χ0n) is 20.8. The van der Waals surface area contributed by atoms with E-state index in [0.29, 0.717) is 49.3 Å². The SMILES string of the molecule is Cc1cc(F)ccc1[C@@H]1CN(CCC(N)=O)CC[C@H]1C(=O)N(C)Cc1cc(C(F)(F)F)cc(C(F)(F)F)c1. The van der Waals surface area contributed by atoms with E-state index in [0.717, 1.165) is 4.90 Å². The first kappa shape index (κ1) is 29.4. The van der Waals surface area contributed by atoms with E-state index >= 15 is 0 Å². The second-order valence-corrected chi connectivity index (χ2v) is 9.63. The van der Waals surface area contributed by atoms with Gasteiger partial charge in [0.05, 0.1) is 11.1 Å². The molecule has 0 unspecified atom stereocenters. The molecule has 1 saturated heterocycles. The van der Waals surface area contributed by atoms with Gasteiger partial charge in [-0.1, -0.05) is 6.07 Å². The first-order valence-electron chi connectivity index (χ1n) is 11.9. The Morgan fingerprint density at radius 1 is 1.03 bits per heavy atom. The van der Waals surface area contributed by atoms with Crippen molar-refractivity contribution < 1.29 is 40.3 Å². The summed E-state index contributed by atoms with van der Waals surface area (Å²) < 4.78 is 93.4. The number of carbonyl (C=O) groups is 2. The largest absolute Gasteiger partial charge is 0.416 e. The maximum atomic E-state index is 13.8. The second kappa shape index (κ2) is 11.3. The summed E-state index contributed by atoms with van der Waals surface area (Å²) >= 11 is 0. The van der Waals surface area contributed by atoms with Crippen LogP contribution in [0.3, 0.4) is 0 Å². The zero-order valence-corrected chi connectivity index (χ0v) is 20.8. The number of aryl methyl sites for hydroxylation is 1. The summed E-state index contributed by atoms with van der Waals surface area (Å²) in [5, 5.41) is 0. The number of amides is 2. The maximum absolute atomic E-state index is 13.8. The lowest BCUT2D eigenvalue weighted by Crippen LogP contribution is -2.46. The number of likely N-dealkylation sites (tertiary alicyclic amines) is 1. The van der Waals surface area contributed by atoms with E-state index in [4.69, 9.17) is 5.73 Å². The molecule has 2 atom stereocenters. The van der Waals surface area contributed by atoms with Crippen LogP contribution in [0, 0.1) is 18.7 Å². The first-order chi connectivity index (χ1) is 17.6. The lowest BCUT2D eigenvalue weighted by molar-refractivity contribution is -0.143. The maximum Gasteiger partial charge on any atom is 0.416 e. The molecule has 1 heterocycles. The Morgan fingerprint density at radius 3 is 2.16 bits per heavy atom. The number of benzene rings is 2.